The highest BCUT2D eigenvalue weighted by atomic mass is 16.5. The molecule has 4 N–H and O–H groups in total. The Morgan fingerprint density at radius 1 is 0.717 bits per heavy atom. The normalized spacial score (nSPS) is 12.7. The molecule has 0 bridgehead atoms. The van der Waals surface area contributed by atoms with Crippen LogP contribution in [0.2, 0.25) is 0 Å². The van der Waals surface area contributed by atoms with Crippen LogP contribution in [0.15, 0.2) is 84.9 Å². The highest BCUT2D eigenvalue weighted by Gasteiger charge is 2.16. The number of rotatable bonds is 14. The SMILES string of the molecule is C/C=C\C(CC)C(C)CCCCCOc1cccc(C(=N)OC(=N)c2cccc(C(=N)OC(=N)c3ccc(C(C)(C)C)cc3)c2)c1. The molecule has 0 amide bonds. The van der Waals surface area contributed by atoms with Crippen molar-refractivity contribution >= 4 is 23.6 Å². The van der Waals surface area contributed by atoms with Crippen LogP contribution < -0.4 is 4.74 Å². The number of unbranched alkanes of at least 4 members (excludes halogenated alkanes) is 2. The lowest BCUT2D eigenvalue weighted by Crippen LogP contribution is -2.16. The number of ether oxygens (including phenoxy) is 3. The molecule has 7 heteroatoms. The van der Waals surface area contributed by atoms with Crippen molar-refractivity contribution < 1.29 is 14.2 Å². The van der Waals surface area contributed by atoms with E-state index >= 15 is 0 Å². The van der Waals surface area contributed by atoms with Crippen molar-refractivity contribution in [3.8, 4) is 5.75 Å². The van der Waals surface area contributed by atoms with Gasteiger partial charge in [0.1, 0.15) is 5.75 Å². The molecule has 0 heterocycles. The first-order valence-corrected chi connectivity index (χ1v) is 16.2. The second-order valence-corrected chi connectivity index (χ2v) is 12.7. The molecule has 0 radical (unpaired) electrons. The van der Waals surface area contributed by atoms with Crippen LogP contribution in [0.3, 0.4) is 0 Å². The summed E-state index contributed by atoms with van der Waals surface area (Å²) in [5, 5.41) is 33.7. The molecular formula is C39H50N4O3. The maximum atomic E-state index is 8.46. The summed E-state index contributed by atoms with van der Waals surface area (Å²) in [6.07, 6.45) is 10.1. The second-order valence-electron chi connectivity index (χ2n) is 12.7. The van der Waals surface area contributed by atoms with Gasteiger partial charge in [0.05, 0.1) is 6.61 Å². The van der Waals surface area contributed by atoms with Gasteiger partial charge in [0, 0.05) is 22.3 Å². The molecule has 7 nitrogen and oxygen atoms in total. The third-order valence-corrected chi connectivity index (χ3v) is 8.12. The van der Waals surface area contributed by atoms with E-state index in [1.54, 1.807) is 36.4 Å². The Hall–Kier alpha value is -4.52. The first kappa shape index (κ1) is 36.0. The van der Waals surface area contributed by atoms with Crippen molar-refractivity contribution in [1.82, 2.24) is 0 Å². The second kappa shape index (κ2) is 17.2. The molecule has 0 spiro atoms. The third-order valence-electron chi connectivity index (χ3n) is 8.12. The Morgan fingerprint density at radius 2 is 1.26 bits per heavy atom. The standard InChI is InChI=1S/C39H50N4O3/c1-7-14-28(8-2)27(3)15-10-9-11-24-44-34-19-13-18-32(26-34)38(43)46-37(42)31-17-12-16-30(25-31)36(41)45-35(40)29-20-22-33(23-21-29)39(4,5)6/h7,12-14,16-23,25-28,40-43H,8-11,15,24H2,1-6H3/b14-7-,40-35?,41-36?,42-37?,43-38?. The van der Waals surface area contributed by atoms with E-state index in [1.807, 2.05) is 36.4 Å². The van der Waals surface area contributed by atoms with Gasteiger partial charge >= 0.3 is 0 Å². The van der Waals surface area contributed by atoms with Crippen molar-refractivity contribution in [2.75, 3.05) is 6.61 Å². The predicted octanol–water partition coefficient (Wildman–Crippen LogP) is 9.90. The van der Waals surface area contributed by atoms with E-state index in [-0.39, 0.29) is 29.0 Å². The molecular weight excluding hydrogens is 572 g/mol. The van der Waals surface area contributed by atoms with E-state index in [9.17, 15) is 0 Å². The number of allylic oxidation sites excluding steroid dienone is 2. The summed E-state index contributed by atoms with van der Waals surface area (Å²) in [6, 6.07) is 21.3. The van der Waals surface area contributed by atoms with Crippen molar-refractivity contribution in [1.29, 1.82) is 21.6 Å². The van der Waals surface area contributed by atoms with Crippen LogP contribution >= 0.6 is 0 Å². The van der Waals surface area contributed by atoms with Gasteiger partial charge in [-0.2, -0.15) is 0 Å². The summed E-state index contributed by atoms with van der Waals surface area (Å²) in [7, 11) is 0. The topological polar surface area (TPSA) is 123 Å². The lowest BCUT2D eigenvalue weighted by atomic mass is 9.87. The average molecular weight is 623 g/mol. The summed E-state index contributed by atoms with van der Waals surface area (Å²) < 4.78 is 17.1. The lowest BCUT2D eigenvalue weighted by Gasteiger charge is -2.19. The fraction of sp³-hybridized carbons (Fsp3) is 0.385. The molecule has 3 aromatic rings. The van der Waals surface area contributed by atoms with Gasteiger partial charge in [-0.05, 0) is 91.1 Å². The van der Waals surface area contributed by atoms with Gasteiger partial charge in [-0.25, -0.2) is 0 Å². The van der Waals surface area contributed by atoms with Crippen LogP contribution in [0.5, 0.6) is 5.75 Å². The smallest absolute Gasteiger partial charge is 0.221 e. The van der Waals surface area contributed by atoms with Gasteiger partial charge in [-0.3, -0.25) is 21.6 Å². The molecule has 0 aliphatic carbocycles. The van der Waals surface area contributed by atoms with Crippen LogP contribution in [0.1, 0.15) is 101 Å². The van der Waals surface area contributed by atoms with Crippen LogP contribution in [-0.4, -0.2) is 30.2 Å². The molecule has 3 rings (SSSR count). The van der Waals surface area contributed by atoms with Crippen LogP contribution in [0.4, 0.5) is 0 Å². The van der Waals surface area contributed by atoms with E-state index in [1.165, 1.54) is 19.3 Å². The molecule has 0 saturated carbocycles. The minimum Gasteiger partial charge on any atom is -0.494 e. The molecule has 0 aliphatic heterocycles. The highest BCUT2D eigenvalue weighted by Crippen LogP contribution is 2.24. The lowest BCUT2D eigenvalue weighted by molar-refractivity contribution is 0.298. The zero-order valence-electron chi connectivity index (χ0n) is 28.2. The predicted molar refractivity (Wildman–Crippen MR) is 189 cm³/mol. The molecule has 244 valence electrons. The maximum Gasteiger partial charge on any atom is 0.221 e. The number of benzene rings is 3. The quantitative estimate of drug-likeness (QED) is 0.0619. The van der Waals surface area contributed by atoms with Crippen molar-refractivity contribution in [2.45, 2.75) is 79.1 Å². The fourth-order valence-electron chi connectivity index (χ4n) is 5.21. The Balaban J connectivity index is 1.50. The molecule has 2 unspecified atom stereocenters. The Labute approximate surface area is 275 Å². The molecule has 0 fully saturated rings. The van der Waals surface area contributed by atoms with Gasteiger partial charge in [0.25, 0.3) is 0 Å². The zero-order chi connectivity index (χ0) is 33.7. The first-order chi connectivity index (χ1) is 21.9. The zero-order valence-corrected chi connectivity index (χ0v) is 28.2. The molecule has 0 aromatic heterocycles. The number of nitrogens with one attached hydrogen (secondary N) is 4. The number of hydrogen-bond acceptors (Lipinski definition) is 7. The van der Waals surface area contributed by atoms with Gasteiger partial charge < -0.3 is 14.2 Å². The Bertz CT molecular complexity index is 1520. The maximum absolute atomic E-state index is 8.46. The van der Waals surface area contributed by atoms with Crippen molar-refractivity contribution in [3.63, 3.8) is 0 Å². The van der Waals surface area contributed by atoms with Crippen molar-refractivity contribution in [2.24, 2.45) is 11.8 Å². The van der Waals surface area contributed by atoms with E-state index in [2.05, 4.69) is 53.7 Å². The fourth-order valence-corrected chi connectivity index (χ4v) is 5.21. The molecule has 46 heavy (non-hydrogen) atoms. The molecule has 3 aromatic carbocycles. The summed E-state index contributed by atoms with van der Waals surface area (Å²) in [5.74, 6) is 1.24. The van der Waals surface area contributed by atoms with E-state index in [0.29, 0.717) is 46.4 Å². The van der Waals surface area contributed by atoms with Gasteiger partial charge in [0.2, 0.25) is 23.6 Å². The minimum absolute atomic E-state index is 0.00262. The molecule has 0 aliphatic rings. The van der Waals surface area contributed by atoms with Gasteiger partial charge in [-0.15, -0.1) is 0 Å². The summed E-state index contributed by atoms with van der Waals surface area (Å²) in [4.78, 5) is 0. The number of hydrogen-bond donors (Lipinski definition) is 4. The Kier molecular flexibility index (Phi) is 13.5. The van der Waals surface area contributed by atoms with Crippen LogP contribution in [0, 0.1) is 33.5 Å². The minimum atomic E-state index is -0.229. The van der Waals surface area contributed by atoms with Gasteiger partial charge in [0.15, 0.2) is 0 Å². The highest BCUT2D eigenvalue weighted by molar-refractivity contribution is 6.08. The molecule has 2 atom stereocenters. The summed E-state index contributed by atoms with van der Waals surface area (Å²) in [6.45, 7) is 13.7. The molecule has 0 saturated heterocycles. The van der Waals surface area contributed by atoms with E-state index in [0.717, 1.165) is 18.4 Å². The van der Waals surface area contributed by atoms with Crippen molar-refractivity contribution in [3.05, 3.63) is 113 Å². The monoisotopic (exact) mass is 622 g/mol. The van der Waals surface area contributed by atoms with E-state index < -0.39 is 0 Å². The van der Waals surface area contributed by atoms with Crippen LogP contribution in [0.25, 0.3) is 0 Å². The third kappa shape index (κ3) is 10.8. The summed E-state index contributed by atoms with van der Waals surface area (Å²) in [5.41, 5.74) is 2.99. The largest absolute Gasteiger partial charge is 0.494 e. The average Bonchev–Trinajstić information content (AvgIpc) is 3.04. The van der Waals surface area contributed by atoms with Gasteiger partial charge in [-0.1, -0.05) is 90.3 Å². The Morgan fingerprint density at radius 3 is 1.80 bits per heavy atom. The first-order valence-electron chi connectivity index (χ1n) is 16.2. The summed E-state index contributed by atoms with van der Waals surface area (Å²) >= 11 is 0. The van der Waals surface area contributed by atoms with E-state index in [4.69, 9.17) is 35.8 Å². The van der Waals surface area contributed by atoms with Crippen LogP contribution in [-0.2, 0) is 14.9 Å².